The number of aryl methyl sites for hydroxylation is 2. The van der Waals surface area contributed by atoms with Gasteiger partial charge in [-0.25, -0.2) is 4.98 Å². The van der Waals surface area contributed by atoms with Crippen LogP contribution < -0.4 is 5.32 Å². The van der Waals surface area contributed by atoms with Gasteiger partial charge in [-0.3, -0.25) is 14.9 Å². The molecule has 0 spiro atoms. The first kappa shape index (κ1) is 18.4. The Bertz CT molecular complexity index is 1600. The molecule has 7 nitrogen and oxygen atoms in total. The minimum atomic E-state index is -0.371. The average molecular weight is 421 g/mol. The van der Waals surface area contributed by atoms with Crippen LogP contribution in [0.5, 0.6) is 0 Å². The summed E-state index contributed by atoms with van der Waals surface area (Å²) in [5.41, 5.74) is 5.26. The lowest BCUT2D eigenvalue weighted by atomic mass is 9.95. The van der Waals surface area contributed by atoms with Gasteiger partial charge < -0.3 is 13.7 Å². The molecule has 0 radical (unpaired) electrons. The van der Waals surface area contributed by atoms with Crippen molar-refractivity contribution >= 4 is 44.8 Å². The molecule has 7 heteroatoms. The van der Waals surface area contributed by atoms with E-state index in [0.717, 1.165) is 38.6 Å². The Labute approximate surface area is 183 Å². The van der Waals surface area contributed by atoms with Crippen molar-refractivity contribution in [2.75, 3.05) is 0 Å². The Morgan fingerprint density at radius 1 is 0.812 bits per heavy atom. The highest BCUT2D eigenvalue weighted by molar-refractivity contribution is 6.50. The Balaban J connectivity index is 1.62. The van der Waals surface area contributed by atoms with Gasteiger partial charge in [0.15, 0.2) is 0 Å². The highest BCUT2D eigenvalue weighted by atomic mass is 16.2. The number of rotatable bonds is 3. The molecule has 2 aromatic carbocycles. The molecule has 0 bridgehead atoms. The quantitative estimate of drug-likeness (QED) is 0.454. The van der Waals surface area contributed by atoms with Gasteiger partial charge in [-0.05, 0) is 18.2 Å². The maximum atomic E-state index is 13.0. The van der Waals surface area contributed by atoms with Gasteiger partial charge in [-0.1, -0.05) is 24.3 Å². The normalized spacial score (nSPS) is 14.2. The second-order valence-electron chi connectivity index (χ2n) is 8.03. The van der Waals surface area contributed by atoms with E-state index in [2.05, 4.69) is 10.3 Å². The van der Waals surface area contributed by atoms with Crippen LogP contribution in [-0.4, -0.2) is 30.5 Å². The van der Waals surface area contributed by atoms with Gasteiger partial charge in [-0.2, -0.15) is 0 Å². The molecule has 0 unspecified atom stereocenters. The summed E-state index contributed by atoms with van der Waals surface area (Å²) in [5, 5.41) is 4.36. The summed E-state index contributed by atoms with van der Waals surface area (Å²) >= 11 is 0. The molecule has 5 aromatic rings. The van der Waals surface area contributed by atoms with Gasteiger partial charge in [0, 0.05) is 72.0 Å². The van der Waals surface area contributed by atoms with Crippen molar-refractivity contribution in [2.45, 2.75) is 0 Å². The summed E-state index contributed by atoms with van der Waals surface area (Å²) in [4.78, 5) is 30.1. The fraction of sp³-hybridized carbons (Fsp3) is 0.0800. The van der Waals surface area contributed by atoms with Gasteiger partial charge in [0.05, 0.1) is 23.0 Å². The highest BCUT2D eigenvalue weighted by Gasteiger charge is 2.35. The average Bonchev–Trinajstić information content (AvgIpc) is 3.55. The Morgan fingerprint density at radius 3 is 2.16 bits per heavy atom. The van der Waals surface area contributed by atoms with E-state index in [-0.39, 0.29) is 11.8 Å². The summed E-state index contributed by atoms with van der Waals surface area (Å²) in [6, 6.07) is 13.9. The molecule has 32 heavy (non-hydrogen) atoms. The summed E-state index contributed by atoms with van der Waals surface area (Å²) in [7, 11) is 3.88. The Hall–Kier alpha value is -4.39. The molecule has 0 atom stereocenters. The van der Waals surface area contributed by atoms with E-state index in [1.165, 1.54) is 0 Å². The van der Waals surface area contributed by atoms with Crippen molar-refractivity contribution in [3.05, 3.63) is 84.7 Å². The van der Waals surface area contributed by atoms with Crippen molar-refractivity contribution in [3.8, 4) is 5.69 Å². The zero-order chi connectivity index (χ0) is 22.0. The lowest BCUT2D eigenvalue weighted by Gasteiger charge is -2.05. The van der Waals surface area contributed by atoms with Crippen LogP contribution in [0.1, 0.15) is 11.1 Å². The van der Waals surface area contributed by atoms with Gasteiger partial charge in [0.2, 0.25) is 0 Å². The number of hydrogen-bond acceptors (Lipinski definition) is 3. The van der Waals surface area contributed by atoms with Crippen LogP contribution in [0.2, 0.25) is 0 Å². The molecule has 4 heterocycles. The molecule has 3 aromatic heterocycles. The SMILES string of the molecule is Cn1cc(C2=C(c3cn(C)c4cc(-n5ccnc5)ccc34)C(=O)NC2=O)c2ccccc21. The third-order valence-corrected chi connectivity index (χ3v) is 6.14. The predicted molar refractivity (Wildman–Crippen MR) is 123 cm³/mol. The number of nitrogens with one attached hydrogen (secondary N) is 1. The second-order valence-corrected chi connectivity index (χ2v) is 8.03. The number of nitrogens with zero attached hydrogens (tertiary/aromatic N) is 4. The number of aromatic nitrogens is 4. The standard InChI is InChI=1S/C25H19N5O2/c1-28-12-18(16-5-3-4-6-20(16)28)22-23(25(32)27-24(22)31)19-13-29(2)21-11-15(7-8-17(19)21)30-10-9-26-14-30/h3-14H,1-2H3,(H,27,31,32). The van der Waals surface area contributed by atoms with Gasteiger partial charge in [0.1, 0.15) is 0 Å². The molecule has 156 valence electrons. The third kappa shape index (κ3) is 2.51. The molecule has 0 saturated heterocycles. The number of imidazole rings is 1. The number of carbonyl (C=O) groups is 2. The van der Waals surface area contributed by atoms with Crippen LogP contribution in [0, 0.1) is 0 Å². The van der Waals surface area contributed by atoms with Crippen molar-refractivity contribution < 1.29 is 9.59 Å². The van der Waals surface area contributed by atoms with Crippen LogP contribution >= 0.6 is 0 Å². The zero-order valence-corrected chi connectivity index (χ0v) is 17.5. The van der Waals surface area contributed by atoms with E-state index >= 15 is 0 Å². The lowest BCUT2D eigenvalue weighted by molar-refractivity contribution is -0.122. The van der Waals surface area contributed by atoms with Crippen molar-refractivity contribution in [2.24, 2.45) is 14.1 Å². The number of para-hydroxylation sites is 1. The molecule has 0 fully saturated rings. The molecule has 6 rings (SSSR count). The third-order valence-electron chi connectivity index (χ3n) is 6.14. The van der Waals surface area contributed by atoms with Crippen LogP contribution in [0.25, 0.3) is 38.6 Å². The molecule has 0 aliphatic carbocycles. The molecule has 2 amide bonds. The number of carbonyl (C=O) groups excluding carboxylic acids is 2. The van der Waals surface area contributed by atoms with Crippen molar-refractivity contribution in [1.29, 1.82) is 0 Å². The maximum Gasteiger partial charge on any atom is 0.259 e. The Kier molecular flexibility index (Phi) is 3.76. The minimum Gasteiger partial charge on any atom is -0.350 e. The topological polar surface area (TPSA) is 73.8 Å². The Morgan fingerprint density at radius 2 is 1.47 bits per heavy atom. The molecular formula is C25H19N5O2. The van der Waals surface area contributed by atoms with Gasteiger partial charge in [-0.15, -0.1) is 0 Å². The number of imide groups is 1. The minimum absolute atomic E-state index is 0.367. The molecule has 0 saturated carbocycles. The molecular weight excluding hydrogens is 402 g/mol. The van der Waals surface area contributed by atoms with Crippen LogP contribution in [0.3, 0.4) is 0 Å². The van der Waals surface area contributed by atoms with Gasteiger partial charge in [0.25, 0.3) is 11.8 Å². The van der Waals surface area contributed by atoms with Crippen LogP contribution in [0.15, 0.2) is 73.6 Å². The molecule has 1 aliphatic heterocycles. The predicted octanol–water partition coefficient (Wildman–Crippen LogP) is 3.42. The van der Waals surface area contributed by atoms with Crippen LogP contribution in [-0.2, 0) is 23.7 Å². The smallest absolute Gasteiger partial charge is 0.259 e. The lowest BCUT2D eigenvalue weighted by Crippen LogP contribution is -2.22. The zero-order valence-electron chi connectivity index (χ0n) is 17.5. The first-order chi connectivity index (χ1) is 15.5. The first-order valence-corrected chi connectivity index (χ1v) is 10.2. The summed E-state index contributed by atoms with van der Waals surface area (Å²) < 4.78 is 5.89. The van der Waals surface area contributed by atoms with Gasteiger partial charge >= 0.3 is 0 Å². The fourth-order valence-corrected chi connectivity index (χ4v) is 4.65. The van der Waals surface area contributed by atoms with E-state index in [1.54, 1.807) is 12.5 Å². The number of amides is 2. The fourth-order valence-electron chi connectivity index (χ4n) is 4.65. The molecule has 1 aliphatic rings. The van der Waals surface area contributed by atoms with E-state index in [0.29, 0.717) is 11.1 Å². The number of fused-ring (bicyclic) bond motifs is 2. The first-order valence-electron chi connectivity index (χ1n) is 10.2. The summed E-state index contributed by atoms with van der Waals surface area (Å²) in [5.74, 6) is -0.738. The van der Waals surface area contributed by atoms with Crippen LogP contribution in [0.4, 0.5) is 0 Å². The van der Waals surface area contributed by atoms with Crippen molar-refractivity contribution in [3.63, 3.8) is 0 Å². The van der Waals surface area contributed by atoms with E-state index in [1.807, 2.05) is 88.9 Å². The summed E-state index contributed by atoms with van der Waals surface area (Å²) in [6.45, 7) is 0. The van der Waals surface area contributed by atoms with Crippen molar-refractivity contribution in [1.82, 2.24) is 24.0 Å². The largest absolute Gasteiger partial charge is 0.350 e. The van der Waals surface area contributed by atoms with E-state index in [9.17, 15) is 9.59 Å². The second kappa shape index (κ2) is 6.55. The highest BCUT2D eigenvalue weighted by Crippen LogP contribution is 2.38. The van der Waals surface area contributed by atoms with E-state index < -0.39 is 0 Å². The maximum absolute atomic E-state index is 13.0. The van der Waals surface area contributed by atoms with E-state index in [4.69, 9.17) is 0 Å². The number of benzene rings is 2. The monoisotopic (exact) mass is 421 g/mol. The summed E-state index contributed by atoms with van der Waals surface area (Å²) in [6.07, 6.45) is 9.20. The molecule has 1 N–H and O–H groups in total. The number of hydrogen-bond donors (Lipinski definition) is 1.